The third-order valence-electron chi connectivity index (χ3n) is 3.11. The molecule has 1 unspecified atom stereocenters. The van der Waals surface area contributed by atoms with E-state index in [-0.39, 0.29) is 23.0 Å². The van der Waals surface area contributed by atoms with Gasteiger partial charge in [0.05, 0.1) is 23.0 Å². The molecule has 2 heterocycles. The molecule has 0 radical (unpaired) electrons. The van der Waals surface area contributed by atoms with Gasteiger partial charge in [-0.3, -0.25) is 0 Å². The second kappa shape index (κ2) is 4.89. The van der Waals surface area contributed by atoms with Crippen LogP contribution in [0, 0.1) is 0 Å². The van der Waals surface area contributed by atoms with Crippen molar-refractivity contribution in [3.8, 4) is 0 Å². The SMILES string of the molecule is Cn1cc(S(=O)(=O)NC2CCS(=O)(=O)C2)cc1CO. The minimum absolute atomic E-state index is 0.0108. The van der Waals surface area contributed by atoms with Crippen LogP contribution in [0.2, 0.25) is 0 Å². The third-order valence-corrected chi connectivity index (χ3v) is 6.36. The summed E-state index contributed by atoms with van der Waals surface area (Å²) in [6.45, 7) is -0.260. The molecular formula is C10H16N2O5S2. The van der Waals surface area contributed by atoms with Crippen LogP contribution in [0.5, 0.6) is 0 Å². The standard InChI is InChI=1S/C10H16N2O5S2/c1-12-5-10(4-9(12)6-13)19(16,17)11-8-2-3-18(14,15)7-8/h4-5,8,11,13H,2-3,6-7H2,1H3. The number of aromatic nitrogens is 1. The van der Waals surface area contributed by atoms with E-state index in [0.717, 1.165) is 0 Å². The third kappa shape index (κ3) is 3.16. The highest BCUT2D eigenvalue weighted by atomic mass is 32.2. The average Bonchev–Trinajstić information content (AvgIpc) is 2.81. The van der Waals surface area contributed by atoms with Gasteiger partial charge in [0.15, 0.2) is 9.84 Å². The molecule has 0 saturated carbocycles. The molecule has 108 valence electrons. The fraction of sp³-hybridized carbons (Fsp3) is 0.600. The zero-order chi connectivity index (χ0) is 14.3. The molecule has 1 fully saturated rings. The van der Waals surface area contributed by atoms with Crippen LogP contribution in [-0.2, 0) is 33.5 Å². The number of aryl methyl sites for hydroxylation is 1. The maximum Gasteiger partial charge on any atom is 0.242 e. The normalized spacial score (nSPS) is 22.7. The number of sulfone groups is 1. The van der Waals surface area contributed by atoms with E-state index < -0.39 is 25.9 Å². The lowest BCUT2D eigenvalue weighted by Crippen LogP contribution is -2.35. The highest BCUT2D eigenvalue weighted by Gasteiger charge is 2.31. The summed E-state index contributed by atoms with van der Waals surface area (Å²) in [4.78, 5) is 0.0309. The van der Waals surface area contributed by atoms with Crippen LogP contribution in [0.25, 0.3) is 0 Å². The van der Waals surface area contributed by atoms with E-state index >= 15 is 0 Å². The molecule has 7 nitrogen and oxygen atoms in total. The molecule has 19 heavy (non-hydrogen) atoms. The molecule has 2 N–H and O–H groups in total. The van der Waals surface area contributed by atoms with Gasteiger partial charge in [-0.05, 0) is 12.5 Å². The molecule has 1 aliphatic rings. The van der Waals surface area contributed by atoms with Crippen molar-refractivity contribution in [1.82, 2.24) is 9.29 Å². The quantitative estimate of drug-likeness (QED) is 0.741. The summed E-state index contributed by atoms with van der Waals surface area (Å²) in [7, 11) is -5.25. The number of aliphatic hydroxyl groups is 1. The Kier molecular flexibility index (Phi) is 3.74. The zero-order valence-corrected chi connectivity index (χ0v) is 12.0. The van der Waals surface area contributed by atoms with Crippen LogP contribution in [0.4, 0.5) is 0 Å². The number of sulfonamides is 1. The van der Waals surface area contributed by atoms with Gasteiger partial charge in [0.1, 0.15) is 0 Å². The van der Waals surface area contributed by atoms with Gasteiger partial charge < -0.3 is 9.67 Å². The molecule has 1 atom stereocenters. The molecule has 2 rings (SSSR count). The second-order valence-electron chi connectivity index (χ2n) is 4.66. The Labute approximate surface area is 112 Å². The molecule has 0 bridgehead atoms. The molecule has 1 aromatic heterocycles. The Hall–Kier alpha value is -0.900. The first kappa shape index (κ1) is 14.5. The van der Waals surface area contributed by atoms with Crippen molar-refractivity contribution in [2.75, 3.05) is 11.5 Å². The topological polar surface area (TPSA) is 105 Å². The molecule has 0 aromatic carbocycles. The van der Waals surface area contributed by atoms with Crippen molar-refractivity contribution in [2.24, 2.45) is 7.05 Å². The molecule has 1 saturated heterocycles. The lowest BCUT2D eigenvalue weighted by molar-refractivity contribution is 0.272. The van der Waals surface area contributed by atoms with Crippen molar-refractivity contribution in [3.63, 3.8) is 0 Å². The minimum atomic E-state index is -3.75. The van der Waals surface area contributed by atoms with Gasteiger partial charge >= 0.3 is 0 Å². The Morgan fingerprint density at radius 1 is 1.53 bits per heavy atom. The highest BCUT2D eigenvalue weighted by molar-refractivity contribution is 7.92. The summed E-state index contributed by atoms with van der Waals surface area (Å²) in [5.74, 6) is -0.150. The number of hydrogen-bond donors (Lipinski definition) is 2. The lowest BCUT2D eigenvalue weighted by Gasteiger charge is -2.09. The van der Waals surface area contributed by atoms with Gasteiger partial charge in [0, 0.05) is 25.0 Å². The Bertz CT molecular complexity index is 675. The van der Waals surface area contributed by atoms with Crippen molar-refractivity contribution < 1.29 is 21.9 Å². The van der Waals surface area contributed by atoms with Crippen LogP contribution >= 0.6 is 0 Å². The van der Waals surface area contributed by atoms with Gasteiger partial charge in [-0.25, -0.2) is 21.6 Å². The summed E-state index contributed by atoms with van der Waals surface area (Å²) in [6.07, 6.45) is 1.68. The Morgan fingerprint density at radius 2 is 2.21 bits per heavy atom. The maximum absolute atomic E-state index is 12.1. The van der Waals surface area contributed by atoms with Crippen molar-refractivity contribution in [3.05, 3.63) is 18.0 Å². The second-order valence-corrected chi connectivity index (χ2v) is 8.60. The number of rotatable bonds is 4. The largest absolute Gasteiger partial charge is 0.390 e. The molecule has 0 aliphatic carbocycles. The number of aliphatic hydroxyl groups excluding tert-OH is 1. The van der Waals surface area contributed by atoms with Crippen LogP contribution in [0.3, 0.4) is 0 Å². The van der Waals surface area contributed by atoms with E-state index in [9.17, 15) is 16.8 Å². The summed E-state index contributed by atoms with van der Waals surface area (Å²) in [6, 6.07) is 0.791. The van der Waals surface area contributed by atoms with E-state index in [1.807, 2.05) is 0 Å². The van der Waals surface area contributed by atoms with Crippen molar-refractivity contribution >= 4 is 19.9 Å². The van der Waals surface area contributed by atoms with Gasteiger partial charge in [0.2, 0.25) is 10.0 Å². The molecule has 9 heteroatoms. The van der Waals surface area contributed by atoms with Crippen LogP contribution in [-0.4, -0.2) is 44.1 Å². The molecule has 0 spiro atoms. The van der Waals surface area contributed by atoms with Gasteiger partial charge in [-0.15, -0.1) is 0 Å². The highest BCUT2D eigenvalue weighted by Crippen LogP contribution is 2.17. The van der Waals surface area contributed by atoms with Crippen LogP contribution < -0.4 is 4.72 Å². The minimum Gasteiger partial charge on any atom is -0.390 e. The first-order chi connectivity index (χ1) is 8.73. The van der Waals surface area contributed by atoms with E-state index in [2.05, 4.69) is 4.72 Å². The first-order valence-corrected chi connectivity index (χ1v) is 9.03. The van der Waals surface area contributed by atoms with Gasteiger partial charge in [0.25, 0.3) is 0 Å². The maximum atomic E-state index is 12.1. The predicted molar refractivity (Wildman–Crippen MR) is 68.7 cm³/mol. The smallest absolute Gasteiger partial charge is 0.242 e. The molecule has 1 aromatic rings. The summed E-state index contributed by atoms with van der Waals surface area (Å²) >= 11 is 0. The van der Waals surface area contributed by atoms with E-state index in [1.54, 1.807) is 7.05 Å². The van der Waals surface area contributed by atoms with E-state index in [4.69, 9.17) is 5.11 Å². The number of nitrogens with one attached hydrogen (secondary N) is 1. The van der Waals surface area contributed by atoms with Crippen LogP contribution in [0.15, 0.2) is 17.2 Å². The van der Waals surface area contributed by atoms with Crippen LogP contribution in [0.1, 0.15) is 12.1 Å². The van der Waals surface area contributed by atoms with Crippen molar-refractivity contribution in [2.45, 2.75) is 24.0 Å². The van der Waals surface area contributed by atoms with Crippen molar-refractivity contribution in [1.29, 1.82) is 0 Å². The fourth-order valence-corrected chi connectivity index (χ4v) is 5.20. The summed E-state index contributed by atoms with van der Waals surface area (Å²) in [5, 5.41) is 9.03. The van der Waals surface area contributed by atoms with Gasteiger partial charge in [-0.1, -0.05) is 0 Å². The first-order valence-electron chi connectivity index (χ1n) is 5.72. The Balaban J connectivity index is 2.19. The number of nitrogens with zero attached hydrogens (tertiary/aromatic N) is 1. The van der Waals surface area contributed by atoms with E-state index in [0.29, 0.717) is 12.1 Å². The van der Waals surface area contributed by atoms with E-state index in [1.165, 1.54) is 16.8 Å². The monoisotopic (exact) mass is 308 g/mol. The summed E-state index contributed by atoms with van der Waals surface area (Å²) in [5.41, 5.74) is 0.472. The molecular weight excluding hydrogens is 292 g/mol. The fourth-order valence-electron chi connectivity index (χ4n) is 2.06. The lowest BCUT2D eigenvalue weighted by atomic mass is 10.3. The average molecular weight is 308 g/mol. The predicted octanol–water partition coefficient (Wildman–Crippen LogP) is -1.02. The zero-order valence-electron chi connectivity index (χ0n) is 10.4. The molecule has 1 aliphatic heterocycles. The number of hydrogen-bond acceptors (Lipinski definition) is 5. The van der Waals surface area contributed by atoms with Gasteiger partial charge in [-0.2, -0.15) is 0 Å². The molecule has 0 amide bonds. The summed E-state index contributed by atoms with van der Waals surface area (Å²) < 4.78 is 50.7. The Morgan fingerprint density at radius 3 is 2.68 bits per heavy atom.